The van der Waals surface area contributed by atoms with Crippen LogP contribution in [0.1, 0.15) is 28.0 Å². The van der Waals surface area contributed by atoms with E-state index in [2.05, 4.69) is 15.0 Å². The first-order valence-electron chi connectivity index (χ1n) is 10.4. The summed E-state index contributed by atoms with van der Waals surface area (Å²) in [6, 6.07) is 3.57. The third-order valence-corrected chi connectivity index (χ3v) is 6.09. The quantitative estimate of drug-likeness (QED) is 0.517. The van der Waals surface area contributed by atoms with Gasteiger partial charge in [-0.1, -0.05) is 11.6 Å². The maximum Gasteiger partial charge on any atom is 0.167 e. The fourth-order valence-corrected chi connectivity index (χ4v) is 4.33. The topological polar surface area (TPSA) is 54.3 Å². The van der Waals surface area contributed by atoms with Gasteiger partial charge in [-0.25, -0.2) is 13.5 Å². The highest BCUT2D eigenvalue weighted by atomic mass is 35.5. The molecule has 0 spiro atoms. The smallest absolute Gasteiger partial charge is 0.167 e. The lowest BCUT2D eigenvalue weighted by molar-refractivity contribution is 0.0962. The second-order valence-corrected chi connectivity index (χ2v) is 8.38. The Kier molecular flexibility index (Phi) is 6.53. The molecule has 1 aliphatic heterocycles. The Labute approximate surface area is 190 Å². The van der Waals surface area contributed by atoms with E-state index in [9.17, 15) is 13.6 Å². The number of ketones is 1. The van der Waals surface area contributed by atoms with Crippen molar-refractivity contribution in [1.82, 2.24) is 19.7 Å². The summed E-state index contributed by atoms with van der Waals surface area (Å²) in [5, 5.41) is 4.86. The molecule has 9 heteroatoms. The molecule has 0 unspecified atom stereocenters. The van der Waals surface area contributed by atoms with Gasteiger partial charge in [-0.3, -0.25) is 14.7 Å². The van der Waals surface area contributed by atoms with Crippen LogP contribution in [0.5, 0.6) is 0 Å². The van der Waals surface area contributed by atoms with E-state index < -0.39 is 11.6 Å². The van der Waals surface area contributed by atoms with Crippen LogP contribution in [0.3, 0.4) is 0 Å². The van der Waals surface area contributed by atoms with Crippen molar-refractivity contribution in [3.8, 4) is 5.69 Å². The minimum atomic E-state index is -0.577. The Bertz CT molecular complexity index is 1100. The van der Waals surface area contributed by atoms with E-state index in [1.165, 1.54) is 12.1 Å². The molecule has 0 atom stereocenters. The van der Waals surface area contributed by atoms with Gasteiger partial charge in [-0.15, -0.1) is 0 Å². The minimum Gasteiger partial charge on any atom is -0.369 e. The predicted molar refractivity (Wildman–Crippen MR) is 120 cm³/mol. The summed E-state index contributed by atoms with van der Waals surface area (Å²) >= 11 is 6.30. The number of pyridine rings is 1. The van der Waals surface area contributed by atoms with Crippen molar-refractivity contribution < 1.29 is 13.6 Å². The standard InChI is InChI=1S/C23H24ClF2N5O/c1-15-12-27-14-21(24)23(15)31-16(2)20(13-28-31)22(32)3-4-29-5-7-30(8-6-29)19-10-17(25)9-18(26)11-19/h9-14H,3-8H2,1-2H3. The molecule has 0 N–H and O–H groups in total. The molecule has 0 amide bonds. The summed E-state index contributed by atoms with van der Waals surface area (Å²) < 4.78 is 28.7. The Hall–Kier alpha value is -2.84. The van der Waals surface area contributed by atoms with Gasteiger partial charge in [0.25, 0.3) is 0 Å². The van der Waals surface area contributed by atoms with E-state index in [-0.39, 0.29) is 5.78 Å². The number of Topliss-reactive ketones (excluding diaryl/α,β-unsaturated/α-hetero) is 1. The zero-order valence-corrected chi connectivity index (χ0v) is 18.7. The van der Waals surface area contributed by atoms with Crippen LogP contribution >= 0.6 is 11.6 Å². The van der Waals surface area contributed by atoms with E-state index in [1.54, 1.807) is 23.3 Å². The van der Waals surface area contributed by atoms with Gasteiger partial charge in [0.1, 0.15) is 11.6 Å². The lowest BCUT2D eigenvalue weighted by Gasteiger charge is -2.36. The maximum atomic E-state index is 13.5. The Morgan fingerprint density at radius 2 is 1.72 bits per heavy atom. The molecule has 3 aromatic rings. The molecule has 1 fully saturated rings. The van der Waals surface area contributed by atoms with Crippen LogP contribution in [0.25, 0.3) is 5.69 Å². The van der Waals surface area contributed by atoms with Crippen LogP contribution in [-0.2, 0) is 0 Å². The Balaban J connectivity index is 1.36. The fraction of sp³-hybridized carbons (Fsp3) is 0.348. The number of rotatable bonds is 6. The Morgan fingerprint density at radius 3 is 2.38 bits per heavy atom. The molecule has 3 heterocycles. The van der Waals surface area contributed by atoms with Crippen molar-refractivity contribution in [2.75, 3.05) is 37.6 Å². The van der Waals surface area contributed by atoms with Crippen molar-refractivity contribution in [2.24, 2.45) is 0 Å². The zero-order chi connectivity index (χ0) is 22.8. The van der Waals surface area contributed by atoms with E-state index >= 15 is 0 Å². The molecule has 0 radical (unpaired) electrons. The van der Waals surface area contributed by atoms with Crippen molar-refractivity contribution >= 4 is 23.1 Å². The first-order valence-corrected chi connectivity index (χ1v) is 10.8. The molecule has 0 saturated carbocycles. The predicted octanol–water partition coefficient (Wildman–Crippen LogP) is 4.21. The number of benzene rings is 1. The summed E-state index contributed by atoms with van der Waals surface area (Å²) in [5.41, 5.74) is 3.46. The first-order chi connectivity index (χ1) is 15.3. The molecule has 1 saturated heterocycles. The van der Waals surface area contributed by atoms with Crippen LogP contribution in [-0.4, -0.2) is 58.2 Å². The summed E-state index contributed by atoms with van der Waals surface area (Å²) in [6.07, 6.45) is 5.22. The molecule has 2 aromatic heterocycles. The van der Waals surface area contributed by atoms with Crippen LogP contribution in [0.4, 0.5) is 14.5 Å². The molecular weight excluding hydrogens is 436 g/mol. The molecule has 1 aliphatic rings. The van der Waals surface area contributed by atoms with Gasteiger partial charge in [-0.2, -0.15) is 5.10 Å². The number of carbonyl (C=O) groups is 1. The molecule has 0 bridgehead atoms. The molecule has 0 aliphatic carbocycles. The van der Waals surface area contributed by atoms with E-state index in [0.717, 1.165) is 36.1 Å². The van der Waals surface area contributed by atoms with Gasteiger partial charge >= 0.3 is 0 Å². The highest BCUT2D eigenvalue weighted by molar-refractivity contribution is 6.32. The summed E-state index contributed by atoms with van der Waals surface area (Å²) in [4.78, 5) is 21.1. The summed E-state index contributed by atoms with van der Waals surface area (Å²) in [5.74, 6) is -1.13. The van der Waals surface area contributed by atoms with E-state index in [4.69, 9.17) is 11.6 Å². The van der Waals surface area contributed by atoms with Crippen molar-refractivity contribution in [3.63, 3.8) is 0 Å². The van der Waals surface area contributed by atoms with Gasteiger partial charge < -0.3 is 4.90 Å². The average Bonchev–Trinajstić information content (AvgIpc) is 3.13. The number of nitrogens with zero attached hydrogens (tertiary/aromatic N) is 5. The van der Waals surface area contributed by atoms with E-state index in [0.29, 0.717) is 42.3 Å². The molecule has 6 nitrogen and oxygen atoms in total. The zero-order valence-electron chi connectivity index (χ0n) is 18.0. The van der Waals surface area contributed by atoms with Gasteiger partial charge in [0.15, 0.2) is 5.78 Å². The number of aromatic nitrogens is 3. The number of piperazine rings is 1. The minimum absolute atomic E-state index is 0.0196. The van der Waals surface area contributed by atoms with Crippen molar-refractivity contribution in [3.05, 3.63) is 70.3 Å². The van der Waals surface area contributed by atoms with Gasteiger partial charge in [0, 0.05) is 63.3 Å². The molecular formula is C23H24ClF2N5O. The average molecular weight is 460 g/mol. The molecule has 1 aromatic carbocycles. The van der Waals surface area contributed by atoms with Gasteiger partial charge in [0.05, 0.1) is 28.2 Å². The van der Waals surface area contributed by atoms with Crippen LogP contribution in [0.2, 0.25) is 5.02 Å². The third kappa shape index (κ3) is 4.66. The molecule has 32 heavy (non-hydrogen) atoms. The fourth-order valence-electron chi connectivity index (χ4n) is 4.05. The summed E-state index contributed by atoms with van der Waals surface area (Å²) in [6.45, 7) is 7.10. The Morgan fingerprint density at radius 1 is 1.03 bits per heavy atom. The third-order valence-electron chi connectivity index (χ3n) is 5.82. The lowest BCUT2D eigenvalue weighted by Crippen LogP contribution is -2.47. The number of carbonyl (C=O) groups excluding carboxylic acids is 1. The highest BCUT2D eigenvalue weighted by Crippen LogP contribution is 2.25. The number of hydrogen-bond donors (Lipinski definition) is 0. The number of halogens is 3. The molecule has 4 rings (SSSR count). The van der Waals surface area contributed by atoms with Crippen molar-refractivity contribution in [2.45, 2.75) is 20.3 Å². The second kappa shape index (κ2) is 9.34. The largest absolute Gasteiger partial charge is 0.369 e. The van der Waals surface area contributed by atoms with E-state index in [1.807, 2.05) is 18.7 Å². The maximum absolute atomic E-state index is 13.5. The van der Waals surface area contributed by atoms with Crippen molar-refractivity contribution in [1.29, 1.82) is 0 Å². The molecule has 168 valence electrons. The normalized spacial score (nSPS) is 14.7. The SMILES string of the molecule is Cc1cncc(Cl)c1-n1ncc(C(=O)CCN2CCN(c3cc(F)cc(F)c3)CC2)c1C. The van der Waals surface area contributed by atoms with Crippen LogP contribution in [0.15, 0.2) is 36.8 Å². The monoisotopic (exact) mass is 459 g/mol. The number of hydrogen-bond acceptors (Lipinski definition) is 5. The first kappa shape index (κ1) is 22.4. The van der Waals surface area contributed by atoms with Gasteiger partial charge in [0.2, 0.25) is 0 Å². The van der Waals surface area contributed by atoms with Crippen LogP contribution in [0, 0.1) is 25.5 Å². The number of anilines is 1. The van der Waals surface area contributed by atoms with Gasteiger partial charge in [-0.05, 0) is 31.5 Å². The lowest BCUT2D eigenvalue weighted by atomic mass is 10.1. The summed E-state index contributed by atoms with van der Waals surface area (Å²) in [7, 11) is 0. The number of aryl methyl sites for hydroxylation is 1. The second-order valence-electron chi connectivity index (χ2n) is 7.97. The van der Waals surface area contributed by atoms with Crippen LogP contribution < -0.4 is 4.90 Å². The highest BCUT2D eigenvalue weighted by Gasteiger charge is 2.21.